The Morgan fingerprint density at radius 3 is 1.88 bits per heavy atom. The predicted octanol–water partition coefficient (Wildman–Crippen LogP) is 2.53. The third-order valence-electron chi connectivity index (χ3n) is 2.63. The highest BCUT2D eigenvalue weighted by Crippen LogP contribution is 2.27. The SMILES string of the molecule is CC.CC.CC1OCCC(C)(O)C1N(C)C. The highest BCUT2D eigenvalue weighted by molar-refractivity contribution is 4.94. The van der Waals surface area contributed by atoms with E-state index in [0.717, 1.165) is 6.42 Å². The van der Waals surface area contributed by atoms with Crippen molar-refractivity contribution >= 4 is 0 Å². The number of ether oxygens (including phenoxy) is 1. The highest BCUT2D eigenvalue weighted by atomic mass is 16.5. The van der Waals surface area contributed by atoms with Crippen LogP contribution in [-0.2, 0) is 4.74 Å². The van der Waals surface area contributed by atoms with E-state index in [0.29, 0.717) is 6.61 Å². The van der Waals surface area contributed by atoms with Gasteiger partial charge in [0.2, 0.25) is 0 Å². The van der Waals surface area contributed by atoms with Crippen molar-refractivity contribution in [2.45, 2.75) is 65.7 Å². The maximum atomic E-state index is 10.1. The van der Waals surface area contributed by atoms with Gasteiger partial charge in [-0.3, -0.25) is 0 Å². The van der Waals surface area contributed by atoms with E-state index in [1.165, 1.54) is 0 Å². The molecule has 1 N–H and O–H groups in total. The third kappa shape index (κ3) is 5.28. The second kappa shape index (κ2) is 8.97. The van der Waals surface area contributed by atoms with E-state index in [1.807, 2.05) is 60.5 Å². The topological polar surface area (TPSA) is 32.7 Å². The van der Waals surface area contributed by atoms with Gasteiger partial charge in [0, 0.05) is 13.0 Å². The minimum atomic E-state index is -0.610. The lowest BCUT2D eigenvalue weighted by Gasteiger charge is -2.44. The minimum Gasteiger partial charge on any atom is -0.388 e. The van der Waals surface area contributed by atoms with Crippen LogP contribution in [0.3, 0.4) is 0 Å². The molecule has 1 heterocycles. The fourth-order valence-corrected chi connectivity index (χ4v) is 2.17. The molecule has 1 rings (SSSR count). The molecule has 1 aliphatic rings. The van der Waals surface area contributed by atoms with Crippen LogP contribution >= 0.6 is 0 Å². The number of likely N-dealkylation sites (N-methyl/N-ethyl adjacent to an activating group) is 1. The van der Waals surface area contributed by atoms with Crippen molar-refractivity contribution in [2.24, 2.45) is 0 Å². The Balaban J connectivity index is 0. The van der Waals surface area contributed by atoms with Crippen LogP contribution in [0.5, 0.6) is 0 Å². The highest BCUT2D eigenvalue weighted by Gasteiger charge is 2.40. The van der Waals surface area contributed by atoms with Gasteiger partial charge in [-0.15, -0.1) is 0 Å². The first-order valence-electron chi connectivity index (χ1n) is 6.45. The van der Waals surface area contributed by atoms with Crippen molar-refractivity contribution in [1.82, 2.24) is 4.90 Å². The molecule has 0 aromatic rings. The van der Waals surface area contributed by atoms with Crippen LogP contribution in [0.15, 0.2) is 0 Å². The van der Waals surface area contributed by atoms with Gasteiger partial charge in [0.15, 0.2) is 0 Å². The summed E-state index contributed by atoms with van der Waals surface area (Å²) < 4.78 is 5.49. The normalized spacial score (nSPS) is 33.4. The zero-order valence-corrected chi connectivity index (χ0v) is 12.4. The lowest BCUT2D eigenvalue weighted by Crippen LogP contribution is -2.58. The third-order valence-corrected chi connectivity index (χ3v) is 2.63. The molecule has 100 valence electrons. The molecule has 0 aromatic carbocycles. The lowest BCUT2D eigenvalue weighted by molar-refractivity contribution is -0.142. The Morgan fingerprint density at radius 1 is 1.19 bits per heavy atom. The van der Waals surface area contributed by atoms with Crippen molar-refractivity contribution in [3.8, 4) is 0 Å². The summed E-state index contributed by atoms with van der Waals surface area (Å²) in [6.07, 6.45) is 0.837. The monoisotopic (exact) mass is 233 g/mol. The zero-order chi connectivity index (χ0) is 13.4. The molecule has 0 aromatic heterocycles. The largest absolute Gasteiger partial charge is 0.388 e. The number of hydrogen-bond donors (Lipinski definition) is 1. The average Bonchev–Trinajstić information content (AvgIpc) is 2.21. The predicted molar refractivity (Wildman–Crippen MR) is 70.8 cm³/mol. The molecule has 3 heteroatoms. The van der Waals surface area contributed by atoms with Gasteiger partial charge in [-0.25, -0.2) is 0 Å². The standard InChI is InChI=1S/C9H19NO2.2C2H6/c1-7-8(10(3)4)9(2,11)5-6-12-7;2*1-2/h7-8,11H,5-6H2,1-4H3;2*1-2H3. The summed E-state index contributed by atoms with van der Waals surface area (Å²) in [7, 11) is 3.95. The summed E-state index contributed by atoms with van der Waals surface area (Å²) in [5.41, 5.74) is -0.610. The summed E-state index contributed by atoms with van der Waals surface area (Å²) in [6.45, 7) is 12.6. The summed E-state index contributed by atoms with van der Waals surface area (Å²) in [6, 6.07) is 0.103. The van der Waals surface area contributed by atoms with Crippen LogP contribution in [0.25, 0.3) is 0 Å². The van der Waals surface area contributed by atoms with Crippen LogP contribution < -0.4 is 0 Å². The molecular formula is C13H31NO2. The quantitative estimate of drug-likeness (QED) is 0.755. The Kier molecular flexibility index (Phi) is 10.2. The Bertz CT molecular complexity index is 158. The van der Waals surface area contributed by atoms with Gasteiger partial charge < -0.3 is 14.7 Å². The number of aliphatic hydroxyl groups is 1. The van der Waals surface area contributed by atoms with Crippen molar-refractivity contribution < 1.29 is 9.84 Å². The van der Waals surface area contributed by atoms with Gasteiger partial charge in [0.05, 0.1) is 17.7 Å². The van der Waals surface area contributed by atoms with E-state index in [-0.39, 0.29) is 12.1 Å². The summed E-state index contributed by atoms with van der Waals surface area (Å²) in [5, 5.41) is 10.1. The van der Waals surface area contributed by atoms with Crippen LogP contribution in [0.1, 0.15) is 48.0 Å². The Hall–Kier alpha value is -0.120. The van der Waals surface area contributed by atoms with Crippen LogP contribution in [-0.4, -0.2) is 48.5 Å². The fraction of sp³-hybridized carbons (Fsp3) is 1.00. The molecule has 0 saturated carbocycles. The van der Waals surface area contributed by atoms with Crippen molar-refractivity contribution in [3.05, 3.63) is 0 Å². The van der Waals surface area contributed by atoms with Crippen molar-refractivity contribution in [1.29, 1.82) is 0 Å². The van der Waals surface area contributed by atoms with Gasteiger partial charge >= 0.3 is 0 Å². The second-order valence-corrected chi connectivity index (χ2v) is 4.09. The van der Waals surface area contributed by atoms with E-state index in [1.54, 1.807) is 0 Å². The number of nitrogens with zero attached hydrogens (tertiary/aromatic N) is 1. The summed E-state index contributed by atoms with van der Waals surface area (Å²) in [4.78, 5) is 2.03. The minimum absolute atomic E-state index is 0.103. The molecule has 3 nitrogen and oxygen atoms in total. The first-order chi connectivity index (χ1) is 7.45. The van der Waals surface area contributed by atoms with Gasteiger partial charge in [-0.2, -0.15) is 0 Å². The molecule has 16 heavy (non-hydrogen) atoms. The molecule has 1 aliphatic heterocycles. The first-order valence-corrected chi connectivity index (χ1v) is 6.45. The van der Waals surface area contributed by atoms with Gasteiger partial charge in [0.25, 0.3) is 0 Å². The van der Waals surface area contributed by atoms with Crippen LogP contribution in [0, 0.1) is 0 Å². The van der Waals surface area contributed by atoms with E-state index in [9.17, 15) is 5.11 Å². The maximum Gasteiger partial charge on any atom is 0.0821 e. The van der Waals surface area contributed by atoms with Crippen molar-refractivity contribution in [3.63, 3.8) is 0 Å². The van der Waals surface area contributed by atoms with E-state index >= 15 is 0 Å². The Labute approximate surface area is 102 Å². The lowest BCUT2D eigenvalue weighted by atomic mass is 9.86. The van der Waals surface area contributed by atoms with Gasteiger partial charge in [-0.05, 0) is 27.9 Å². The van der Waals surface area contributed by atoms with Crippen LogP contribution in [0.2, 0.25) is 0 Å². The average molecular weight is 233 g/mol. The van der Waals surface area contributed by atoms with Crippen molar-refractivity contribution in [2.75, 3.05) is 20.7 Å². The smallest absolute Gasteiger partial charge is 0.0821 e. The first kappa shape index (κ1) is 18.3. The second-order valence-electron chi connectivity index (χ2n) is 4.09. The van der Waals surface area contributed by atoms with E-state index in [4.69, 9.17) is 4.74 Å². The molecule has 1 fully saturated rings. The van der Waals surface area contributed by atoms with Gasteiger partial charge in [-0.1, -0.05) is 27.7 Å². The van der Waals surface area contributed by atoms with Gasteiger partial charge in [0.1, 0.15) is 0 Å². The molecular weight excluding hydrogens is 202 g/mol. The maximum absolute atomic E-state index is 10.1. The molecule has 3 atom stereocenters. The van der Waals surface area contributed by atoms with E-state index < -0.39 is 5.60 Å². The molecule has 1 saturated heterocycles. The number of rotatable bonds is 1. The van der Waals surface area contributed by atoms with Crippen LogP contribution in [0.4, 0.5) is 0 Å². The molecule has 0 spiro atoms. The molecule has 3 unspecified atom stereocenters. The summed E-state index contributed by atoms with van der Waals surface area (Å²) >= 11 is 0. The summed E-state index contributed by atoms with van der Waals surface area (Å²) in [5.74, 6) is 0. The molecule has 0 radical (unpaired) electrons. The number of hydrogen-bond acceptors (Lipinski definition) is 3. The molecule has 0 aliphatic carbocycles. The van der Waals surface area contributed by atoms with E-state index in [2.05, 4.69) is 0 Å². The molecule has 0 amide bonds. The zero-order valence-electron chi connectivity index (χ0n) is 12.4. The molecule has 0 bridgehead atoms. The fourth-order valence-electron chi connectivity index (χ4n) is 2.17. The Morgan fingerprint density at radius 2 is 1.62 bits per heavy atom.